The maximum absolute atomic E-state index is 12.2. The third-order valence-corrected chi connectivity index (χ3v) is 11.4. The number of benzene rings is 2. The number of furan rings is 1. The standard InChI is InChI=1S/C28H21N2OS.C15H28O2.Ir/c1-28(2,3)22-15-20(14-18-6-4-5-7-21(18)22)24-26-19(9-12-29-24)16-23(31-26)25-27-17(8-11-30-25)10-13-32-27;1-7-14(5,8-2)12(16)11-13(17)15(6,9-3)10-4;/h4-13,15-16H,1-3H3;11,16H,7-10H2,1-6H3;/q-1;;/b;12-11-;. The third kappa shape index (κ3) is 7.81. The van der Waals surface area contributed by atoms with Gasteiger partial charge in [-0.2, -0.15) is 0 Å². The van der Waals surface area contributed by atoms with Gasteiger partial charge >= 0.3 is 0 Å². The number of carbonyl (C=O) groups excluding carboxylic acids is 1. The number of fused-ring (bicyclic) bond motifs is 3. The molecule has 0 amide bonds. The van der Waals surface area contributed by atoms with Gasteiger partial charge in [-0.3, -0.25) is 14.8 Å². The molecule has 6 rings (SSSR count). The molecule has 4 aromatic heterocycles. The van der Waals surface area contributed by atoms with Crippen molar-refractivity contribution in [2.75, 3.05) is 0 Å². The first-order valence-electron chi connectivity index (χ1n) is 17.4. The van der Waals surface area contributed by atoms with Gasteiger partial charge in [0, 0.05) is 60.5 Å². The zero-order valence-corrected chi connectivity index (χ0v) is 33.9. The van der Waals surface area contributed by atoms with Crippen LogP contribution in [-0.4, -0.2) is 20.9 Å². The summed E-state index contributed by atoms with van der Waals surface area (Å²) < 4.78 is 7.55. The summed E-state index contributed by atoms with van der Waals surface area (Å²) in [6, 6.07) is 22.4. The number of thiophene rings is 1. The molecular formula is C43H49IrN2O3S-. The molecular weight excluding hydrogens is 817 g/mol. The number of hydrogen-bond donors (Lipinski definition) is 1. The zero-order chi connectivity index (χ0) is 35.6. The molecule has 0 fully saturated rings. The minimum absolute atomic E-state index is 0. The Morgan fingerprint density at radius 1 is 0.840 bits per heavy atom. The molecule has 0 atom stereocenters. The van der Waals surface area contributed by atoms with Crippen LogP contribution in [0.15, 0.2) is 88.6 Å². The van der Waals surface area contributed by atoms with E-state index in [4.69, 9.17) is 9.40 Å². The molecule has 1 radical (unpaired) electrons. The predicted octanol–water partition coefficient (Wildman–Crippen LogP) is 12.7. The largest absolute Gasteiger partial charge is 0.512 e. The number of aliphatic hydroxyl groups is 1. The van der Waals surface area contributed by atoms with Crippen molar-refractivity contribution in [3.63, 3.8) is 0 Å². The van der Waals surface area contributed by atoms with Crippen LogP contribution in [0, 0.1) is 16.9 Å². The van der Waals surface area contributed by atoms with Crippen LogP contribution in [0.5, 0.6) is 0 Å². The van der Waals surface area contributed by atoms with Crippen LogP contribution in [0.2, 0.25) is 0 Å². The van der Waals surface area contributed by atoms with E-state index in [0.29, 0.717) is 0 Å². The summed E-state index contributed by atoms with van der Waals surface area (Å²) in [5.41, 5.74) is 4.06. The number of carbonyl (C=O) groups is 1. The van der Waals surface area contributed by atoms with Gasteiger partial charge in [-0.1, -0.05) is 91.5 Å². The number of aromatic nitrogens is 2. The smallest absolute Gasteiger partial charge is 0.164 e. The third-order valence-electron chi connectivity index (χ3n) is 10.5. The number of allylic oxidation sites excluding steroid dienone is 2. The molecule has 0 saturated carbocycles. The Morgan fingerprint density at radius 2 is 1.46 bits per heavy atom. The zero-order valence-electron chi connectivity index (χ0n) is 30.7. The fraction of sp³-hybridized carbons (Fsp3) is 0.372. The van der Waals surface area contributed by atoms with E-state index in [2.05, 4.69) is 79.7 Å². The molecule has 50 heavy (non-hydrogen) atoms. The van der Waals surface area contributed by atoms with E-state index >= 15 is 0 Å². The van der Waals surface area contributed by atoms with Crippen molar-refractivity contribution in [2.45, 2.75) is 93.4 Å². The first-order valence-corrected chi connectivity index (χ1v) is 18.3. The van der Waals surface area contributed by atoms with Gasteiger partial charge in [0.1, 0.15) is 17.0 Å². The Kier molecular flexibility index (Phi) is 12.3. The van der Waals surface area contributed by atoms with Gasteiger partial charge < -0.3 is 9.52 Å². The minimum atomic E-state index is -0.337. The van der Waals surface area contributed by atoms with Crippen LogP contribution in [-0.2, 0) is 30.3 Å². The van der Waals surface area contributed by atoms with Crippen molar-refractivity contribution < 1.29 is 34.4 Å². The van der Waals surface area contributed by atoms with Gasteiger partial charge in [-0.25, -0.2) is 0 Å². The van der Waals surface area contributed by atoms with E-state index in [0.717, 1.165) is 69.5 Å². The van der Waals surface area contributed by atoms with Crippen LogP contribution in [0.4, 0.5) is 0 Å². The summed E-state index contributed by atoms with van der Waals surface area (Å²) in [6.45, 7) is 18.8. The second-order valence-corrected chi connectivity index (χ2v) is 15.4. The van der Waals surface area contributed by atoms with Gasteiger partial charge in [0.2, 0.25) is 0 Å². The normalized spacial score (nSPS) is 12.5. The Hall–Kier alpha value is -3.64. The Balaban J connectivity index is 0.000000269. The summed E-state index contributed by atoms with van der Waals surface area (Å²) in [6.07, 6.45) is 8.43. The molecule has 2 aromatic carbocycles. The number of nitrogens with zero attached hydrogens (tertiary/aromatic N) is 2. The molecule has 4 heterocycles. The first-order chi connectivity index (χ1) is 23.3. The molecule has 265 valence electrons. The molecule has 0 unspecified atom stereocenters. The molecule has 5 nitrogen and oxygen atoms in total. The van der Waals surface area contributed by atoms with Gasteiger partial charge in [0.15, 0.2) is 11.5 Å². The minimum Gasteiger partial charge on any atom is -0.512 e. The second kappa shape index (κ2) is 15.7. The van der Waals surface area contributed by atoms with E-state index in [1.807, 2.05) is 66.1 Å². The van der Waals surface area contributed by atoms with Crippen molar-refractivity contribution >= 4 is 48.9 Å². The maximum atomic E-state index is 12.2. The average Bonchev–Trinajstić information content (AvgIpc) is 3.78. The van der Waals surface area contributed by atoms with Crippen molar-refractivity contribution in [3.05, 3.63) is 95.8 Å². The molecule has 0 aliphatic carbocycles. The fourth-order valence-electron chi connectivity index (χ4n) is 6.00. The quantitative estimate of drug-likeness (QED) is 0.0890. The molecule has 0 bridgehead atoms. The van der Waals surface area contributed by atoms with Crippen LogP contribution in [0.3, 0.4) is 0 Å². The van der Waals surface area contributed by atoms with Gasteiger partial charge in [-0.15, -0.1) is 40.5 Å². The molecule has 7 heteroatoms. The number of ketones is 1. The molecule has 6 aromatic rings. The summed E-state index contributed by atoms with van der Waals surface area (Å²) in [5, 5.41) is 16.7. The maximum Gasteiger partial charge on any atom is 0.164 e. The van der Waals surface area contributed by atoms with Gasteiger partial charge in [-0.05, 0) is 66.1 Å². The molecule has 0 aliphatic heterocycles. The van der Waals surface area contributed by atoms with Crippen LogP contribution in [0.25, 0.3) is 54.5 Å². The predicted molar refractivity (Wildman–Crippen MR) is 206 cm³/mol. The average molecular weight is 866 g/mol. The Labute approximate surface area is 314 Å². The summed E-state index contributed by atoms with van der Waals surface area (Å²) in [4.78, 5) is 21.5. The molecule has 1 N–H and O–H groups in total. The Bertz CT molecular complexity index is 2130. The molecule has 0 saturated heterocycles. The summed E-state index contributed by atoms with van der Waals surface area (Å²) >= 11 is 1.68. The van der Waals surface area contributed by atoms with Crippen LogP contribution >= 0.6 is 11.3 Å². The topological polar surface area (TPSA) is 76.2 Å². The summed E-state index contributed by atoms with van der Waals surface area (Å²) in [5.74, 6) is 1.05. The van der Waals surface area contributed by atoms with Crippen molar-refractivity contribution in [1.29, 1.82) is 0 Å². The van der Waals surface area contributed by atoms with E-state index in [1.165, 1.54) is 22.4 Å². The van der Waals surface area contributed by atoms with E-state index < -0.39 is 0 Å². The van der Waals surface area contributed by atoms with Crippen molar-refractivity contribution in [1.82, 2.24) is 9.97 Å². The first kappa shape index (κ1) is 39.2. The summed E-state index contributed by atoms with van der Waals surface area (Å²) in [7, 11) is 0. The molecule has 0 aliphatic rings. The second-order valence-electron chi connectivity index (χ2n) is 14.5. The van der Waals surface area contributed by atoms with E-state index in [1.54, 1.807) is 11.3 Å². The number of hydrogen-bond acceptors (Lipinski definition) is 6. The van der Waals surface area contributed by atoms with Gasteiger partial charge in [0.05, 0.1) is 4.70 Å². The van der Waals surface area contributed by atoms with E-state index in [-0.39, 0.29) is 47.9 Å². The van der Waals surface area contributed by atoms with Gasteiger partial charge in [0.25, 0.3) is 0 Å². The van der Waals surface area contributed by atoms with Crippen molar-refractivity contribution in [2.24, 2.45) is 10.8 Å². The van der Waals surface area contributed by atoms with E-state index in [9.17, 15) is 9.90 Å². The SMILES string of the molecule is CC(C)(C)c1cc(-c2nccc3cc(-c4nccc5ccsc45)oc23)[c-]c2ccccc12.CCC(C)(CC)C(=O)/C=C(\O)C(C)(CC)CC.[Ir]. The van der Waals surface area contributed by atoms with Crippen LogP contribution < -0.4 is 0 Å². The number of aliphatic hydroxyl groups excluding tert-OH is 1. The number of rotatable bonds is 9. The van der Waals surface area contributed by atoms with Crippen molar-refractivity contribution in [3.8, 4) is 22.7 Å². The molecule has 0 spiro atoms. The fourth-order valence-corrected chi connectivity index (χ4v) is 6.89. The monoisotopic (exact) mass is 866 g/mol. The Morgan fingerprint density at radius 3 is 2.10 bits per heavy atom. The van der Waals surface area contributed by atoms with Crippen LogP contribution in [0.1, 0.15) is 93.6 Å². The number of pyridine rings is 2.